The molecule has 0 saturated carbocycles. The van der Waals surface area contributed by atoms with Crippen LogP contribution in [0.1, 0.15) is 12.5 Å². The van der Waals surface area contributed by atoms with E-state index in [4.69, 9.17) is 16.3 Å². The largest absolute Gasteiger partial charge is 0.482 e. The molecule has 2 rings (SSSR count). The number of halogens is 4. The van der Waals surface area contributed by atoms with Gasteiger partial charge in [0.1, 0.15) is 5.60 Å². The van der Waals surface area contributed by atoms with Gasteiger partial charge in [0, 0.05) is 19.3 Å². The third-order valence-corrected chi connectivity index (χ3v) is 2.77. The van der Waals surface area contributed by atoms with E-state index in [1.165, 1.54) is 0 Å². The van der Waals surface area contributed by atoms with E-state index in [9.17, 15) is 13.2 Å². The fraction of sp³-hybridized carbons (Fsp3) is 0.500. The first-order chi connectivity index (χ1) is 7.80. The molecule has 94 valence electrons. The fourth-order valence-electron chi connectivity index (χ4n) is 1.47. The Labute approximate surface area is 101 Å². The minimum Gasteiger partial charge on any atom is -0.482 e. The number of pyridine rings is 1. The lowest BCUT2D eigenvalue weighted by Crippen LogP contribution is -2.61. The maximum Gasteiger partial charge on any atom is 0.418 e. The van der Waals surface area contributed by atoms with Crippen LogP contribution in [-0.2, 0) is 6.18 Å². The van der Waals surface area contributed by atoms with Gasteiger partial charge >= 0.3 is 6.18 Å². The molecular weight excluding hydrogens is 257 g/mol. The van der Waals surface area contributed by atoms with Crippen molar-refractivity contribution in [3.63, 3.8) is 0 Å². The molecular formula is C10H10ClF3N2O. The van der Waals surface area contributed by atoms with Gasteiger partial charge in [-0.25, -0.2) is 4.98 Å². The molecule has 0 radical (unpaired) electrons. The quantitative estimate of drug-likeness (QED) is 0.835. The molecule has 0 unspecified atom stereocenters. The minimum absolute atomic E-state index is 0.0366. The molecule has 7 heteroatoms. The first-order valence-corrected chi connectivity index (χ1v) is 5.30. The van der Waals surface area contributed by atoms with Crippen molar-refractivity contribution in [2.75, 3.05) is 13.1 Å². The van der Waals surface area contributed by atoms with Crippen LogP contribution in [0.2, 0.25) is 5.15 Å². The monoisotopic (exact) mass is 266 g/mol. The highest BCUT2D eigenvalue weighted by molar-refractivity contribution is 6.30. The summed E-state index contributed by atoms with van der Waals surface area (Å²) in [4.78, 5) is 3.49. The van der Waals surface area contributed by atoms with Gasteiger partial charge in [0.05, 0.1) is 5.56 Å². The van der Waals surface area contributed by atoms with Crippen molar-refractivity contribution >= 4 is 11.6 Å². The summed E-state index contributed by atoms with van der Waals surface area (Å²) in [7, 11) is 0. The normalized spacial score (nSPS) is 18.6. The first kappa shape index (κ1) is 12.4. The SMILES string of the molecule is CC1(Oc2cc(C(F)(F)F)cnc2Cl)CNC1. The van der Waals surface area contributed by atoms with Crippen molar-refractivity contribution in [3.05, 3.63) is 23.0 Å². The second-order valence-corrected chi connectivity index (χ2v) is 4.52. The standard InChI is InChI=1S/C10H10ClF3N2O/c1-9(4-15-5-9)17-7-2-6(10(12,13)14)3-16-8(7)11/h2-3,15H,4-5H2,1H3. The highest BCUT2D eigenvalue weighted by Gasteiger charge is 2.36. The maximum absolute atomic E-state index is 12.5. The molecule has 1 aromatic heterocycles. The van der Waals surface area contributed by atoms with Crippen LogP contribution in [0.3, 0.4) is 0 Å². The Hall–Kier alpha value is -1.01. The third-order valence-electron chi connectivity index (χ3n) is 2.49. The van der Waals surface area contributed by atoms with E-state index >= 15 is 0 Å². The zero-order valence-electron chi connectivity index (χ0n) is 8.94. The summed E-state index contributed by atoms with van der Waals surface area (Å²) in [5.74, 6) is -0.0366. The van der Waals surface area contributed by atoms with Crippen molar-refractivity contribution in [2.45, 2.75) is 18.7 Å². The van der Waals surface area contributed by atoms with Crippen LogP contribution >= 0.6 is 11.6 Å². The summed E-state index contributed by atoms with van der Waals surface area (Å²) >= 11 is 5.71. The van der Waals surface area contributed by atoms with Gasteiger partial charge in [0.2, 0.25) is 0 Å². The number of hydrogen-bond acceptors (Lipinski definition) is 3. The average Bonchev–Trinajstić information content (AvgIpc) is 2.17. The highest BCUT2D eigenvalue weighted by atomic mass is 35.5. The molecule has 1 aliphatic heterocycles. The molecule has 0 atom stereocenters. The molecule has 0 aliphatic carbocycles. The lowest BCUT2D eigenvalue weighted by molar-refractivity contribution is -0.138. The van der Waals surface area contributed by atoms with E-state index in [-0.39, 0.29) is 10.9 Å². The number of nitrogens with zero attached hydrogens (tertiary/aromatic N) is 1. The summed E-state index contributed by atoms with van der Waals surface area (Å²) in [5, 5.41) is 2.91. The Kier molecular flexibility index (Phi) is 2.95. The van der Waals surface area contributed by atoms with E-state index in [1.54, 1.807) is 6.92 Å². The Morgan fingerprint density at radius 3 is 2.59 bits per heavy atom. The second-order valence-electron chi connectivity index (χ2n) is 4.17. The molecule has 0 aromatic carbocycles. The van der Waals surface area contributed by atoms with E-state index in [0.717, 1.165) is 6.07 Å². The topological polar surface area (TPSA) is 34.1 Å². The van der Waals surface area contributed by atoms with Crippen LogP contribution in [0.25, 0.3) is 0 Å². The van der Waals surface area contributed by atoms with Crippen LogP contribution in [0.4, 0.5) is 13.2 Å². The number of alkyl halides is 3. The highest BCUT2D eigenvalue weighted by Crippen LogP contribution is 2.35. The molecule has 3 nitrogen and oxygen atoms in total. The van der Waals surface area contributed by atoms with Crippen LogP contribution < -0.4 is 10.1 Å². The van der Waals surface area contributed by atoms with Crippen LogP contribution in [0.15, 0.2) is 12.3 Å². The third kappa shape index (κ3) is 2.63. The molecule has 17 heavy (non-hydrogen) atoms. The Morgan fingerprint density at radius 2 is 2.12 bits per heavy atom. The number of nitrogens with one attached hydrogen (secondary N) is 1. The summed E-state index contributed by atoms with van der Waals surface area (Å²) in [6.45, 7) is 2.93. The molecule has 0 amide bonds. The summed E-state index contributed by atoms with van der Waals surface area (Å²) in [6.07, 6.45) is -3.76. The predicted molar refractivity (Wildman–Crippen MR) is 56.2 cm³/mol. The number of aromatic nitrogens is 1. The predicted octanol–water partition coefficient (Wildman–Crippen LogP) is 2.49. The molecule has 1 saturated heterocycles. The van der Waals surface area contributed by atoms with Gasteiger partial charge < -0.3 is 10.1 Å². The van der Waals surface area contributed by atoms with Crippen molar-refractivity contribution in [3.8, 4) is 5.75 Å². The van der Waals surface area contributed by atoms with Crippen molar-refractivity contribution in [1.82, 2.24) is 10.3 Å². The molecule has 0 spiro atoms. The number of rotatable bonds is 2. The van der Waals surface area contributed by atoms with Crippen molar-refractivity contribution in [1.29, 1.82) is 0 Å². The Bertz CT molecular complexity index is 432. The van der Waals surface area contributed by atoms with Crippen LogP contribution in [0, 0.1) is 0 Å². The Balaban J connectivity index is 2.26. The zero-order valence-corrected chi connectivity index (χ0v) is 9.69. The van der Waals surface area contributed by atoms with Gasteiger partial charge in [-0.1, -0.05) is 11.6 Å². The second kappa shape index (κ2) is 4.03. The number of hydrogen-bond donors (Lipinski definition) is 1. The lowest BCUT2D eigenvalue weighted by atomic mass is 10.00. The first-order valence-electron chi connectivity index (χ1n) is 4.93. The molecule has 1 aromatic rings. The van der Waals surface area contributed by atoms with Gasteiger partial charge in [0.25, 0.3) is 0 Å². The van der Waals surface area contributed by atoms with Crippen molar-refractivity contribution < 1.29 is 17.9 Å². The summed E-state index contributed by atoms with van der Waals surface area (Å²) < 4.78 is 42.9. The molecule has 1 fully saturated rings. The number of ether oxygens (including phenoxy) is 1. The summed E-state index contributed by atoms with van der Waals surface area (Å²) in [5.41, 5.74) is -1.39. The van der Waals surface area contributed by atoms with E-state index < -0.39 is 17.3 Å². The Morgan fingerprint density at radius 1 is 1.47 bits per heavy atom. The van der Waals surface area contributed by atoms with E-state index in [1.807, 2.05) is 0 Å². The fourth-order valence-corrected chi connectivity index (χ4v) is 1.61. The van der Waals surface area contributed by atoms with E-state index in [0.29, 0.717) is 19.3 Å². The van der Waals surface area contributed by atoms with Gasteiger partial charge in [-0.15, -0.1) is 0 Å². The van der Waals surface area contributed by atoms with Crippen LogP contribution in [-0.4, -0.2) is 23.7 Å². The van der Waals surface area contributed by atoms with E-state index in [2.05, 4.69) is 10.3 Å². The zero-order chi connectivity index (χ0) is 12.7. The molecule has 1 aliphatic rings. The maximum atomic E-state index is 12.5. The smallest absolute Gasteiger partial charge is 0.418 e. The molecule has 1 N–H and O–H groups in total. The average molecular weight is 267 g/mol. The van der Waals surface area contributed by atoms with Gasteiger partial charge in [-0.2, -0.15) is 13.2 Å². The lowest BCUT2D eigenvalue weighted by Gasteiger charge is -2.39. The van der Waals surface area contributed by atoms with Crippen LogP contribution in [0.5, 0.6) is 5.75 Å². The minimum atomic E-state index is -4.45. The molecule has 2 heterocycles. The van der Waals surface area contributed by atoms with Gasteiger partial charge in [-0.3, -0.25) is 0 Å². The summed E-state index contributed by atoms with van der Waals surface area (Å²) in [6, 6.07) is 0.874. The molecule has 0 bridgehead atoms. The van der Waals surface area contributed by atoms with Gasteiger partial charge in [-0.05, 0) is 13.0 Å². The van der Waals surface area contributed by atoms with Gasteiger partial charge in [0.15, 0.2) is 10.9 Å². The van der Waals surface area contributed by atoms with Crippen molar-refractivity contribution in [2.24, 2.45) is 0 Å².